The van der Waals surface area contributed by atoms with Crippen LogP contribution in [-0.4, -0.2) is 75.6 Å². The zero-order valence-corrected chi connectivity index (χ0v) is 33.7. The zero-order valence-electron chi connectivity index (χ0n) is 31.7. The number of rotatable bonds is 8. The Morgan fingerprint density at radius 3 is 1.11 bits per heavy atom. The van der Waals surface area contributed by atoms with Crippen molar-refractivity contribution in [2.75, 3.05) is 26.2 Å². The molecule has 45 heavy (non-hydrogen) atoms. The maximum absolute atomic E-state index is 4.43. The Kier molecular flexibility index (Phi) is 10.3. The SMILES string of the molecule is CC(C)(C)N[Si](C)(C)C1C2CCCCC2C(N2CCCC2)C1CC1C(N2CCCC2)C2CCCCC2C1[Si](C)(C)NC(C)(C)C. The van der Waals surface area contributed by atoms with Crippen molar-refractivity contribution in [3.05, 3.63) is 0 Å². The second-order valence-electron chi connectivity index (χ2n) is 20.5. The van der Waals surface area contributed by atoms with Crippen LogP contribution in [0.25, 0.3) is 0 Å². The fraction of sp³-hybridized carbons (Fsp3) is 1.00. The third-order valence-corrected chi connectivity index (χ3v) is 21.9. The van der Waals surface area contributed by atoms with Crippen LogP contribution >= 0.6 is 0 Å². The van der Waals surface area contributed by atoms with Crippen molar-refractivity contribution in [3.8, 4) is 0 Å². The van der Waals surface area contributed by atoms with Gasteiger partial charge in [0, 0.05) is 23.2 Å². The van der Waals surface area contributed by atoms with Crippen molar-refractivity contribution >= 4 is 16.5 Å². The van der Waals surface area contributed by atoms with Gasteiger partial charge in [-0.25, -0.2) is 0 Å². The standard InChI is InChI=1S/C39H76N4Si2/c1-38(2,3)40-44(7,8)36-30-21-13-11-19-28(30)34(42-23-15-16-24-42)32(36)27-33-35(43-25-17-18-26-43)29-20-12-14-22-31(29)37(33)45(9,10)41-39(4,5)6/h28-37,40-41H,11-27H2,1-10H3. The molecule has 6 rings (SSSR count). The van der Waals surface area contributed by atoms with E-state index < -0.39 is 16.5 Å². The molecule has 0 spiro atoms. The molecule has 0 bridgehead atoms. The van der Waals surface area contributed by atoms with E-state index >= 15 is 0 Å². The predicted octanol–water partition coefficient (Wildman–Crippen LogP) is 9.10. The van der Waals surface area contributed by atoms with Crippen LogP contribution in [0.2, 0.25) is 37.3 Å². The van der Waals surface area contributed by atoms with Crippen LogP contribution in [0.3, 0.4) is 0 Å². The third-order valence-electron chi connectivity index (χ3n) is 14.1. The van der Waals surface area contributed by atoms with Gasteiger partial charge in [0.1, 0.15) is 16.5 Å². The molecule has 2 saturated heterocycles. The van der Waals surface area contributed by atoms with E-state index in [1.54, 1.807) is 0 Å². The lowest BCUT2D eigenvalue weighted by Crippen LogP contribution is -2.60. The summed E-state index contributed by atoms with van der Waals surface area (Å²) in [5.41, 5.74) is 2.22. The van der Waals surface area contributed by atoms with Gasteiger partial charge in [-0.1, -0.05) is 64.7 Å². The maximum Gasteiger partial charge on any atom is 0.123 e. The van der Waals surface area contributed by atoms with Crippen molar-refractivity contribution in [3.63, 3.8) is 0 Å². The molecule has 4 nitrogen and oxygen atoms in total. The lowest BCUT2D eigenvalue weighted by atomic mass is 9.79. The summed E-state index contributed by atoms with van der Waals surface area (Å²) in [6.45, 7) is 31.4. The topological polar surface area (TPSA) is 30.5 Å². The van der Waals surface area contributed by atoms with Gasteiger partial charge in [-0.2, -0.15) is 0 Å². The van der Waals surface area contributed by atoms with Gasteiger partial charge in [0.25, 0.3) is 0 Å². The number of hydrogen-bond donors (Lipinski definition) is 2. The van der Waals surface area contributed by atoms with Gasteiger partial charge in [-0.3, -0.25) is 9.80 Å². The van der Waals surface area contributed by atoms with Crippen molar-refractivity contribution in [1.82, 2.24) is 19.8 Å². The van der Waals surface area contributed by atoms with Gasteiger partial charge in [0.15, 0.2) is 0 Å². The lowest BCUT2D eigenvalue weighted by Gasteiger charge is -2.48. The molecule has 0 amide bonds. The highest BCUT2D eigenvalue weighted by Gasteiger charge is 2.63. The number of fused-ring (bicyclic) bond motifs is 2. The average Bonchev–Trinajstić information content (AvgIpc) is 3.70. The number of likely N-dealkylation sites (tertiary alicyclic amines) is 2. The smallest absolute Gasteiger partial charge is 0.123 e. The summed E-state index contributed by atoms with van der Waals surface area (Å²) >= 11 is 0. The molecule has 6 fully saturated rings. The van der Waals surface area contributed by atoms with E-state index in [2.05, 4.69) is 87.5 Å². The molecule has 260 valence electrons. The largest absolute Gasteiger partial charge is 0.332 e. The molecule has 0 aromatic carbocycles. The van der Waals surface area contributed by atoms with Crippen molar-refractivity contribution in [1.29, 1.82) is 0 Å². The van der Waals surface area contributed by atoms with Gasteiger partial charge < -0.3 is 9.96 Å². The molecular weight excluding hydrogens is 581 g/mol. The van der Waals surface area contributed by atoms with E-state index in [1.165, 1.54) is 110 Å². The fourth-order valence-electron chi connectivity index (χ4n) is 14.1. The first-order valence-electron chi connectivity index (χ1n) is 20.1. The summed E-state index contributed by atoms with van der Waals surface area (Å²) in [6, 6.07) is 1.69. The summed E-state index contributed by atoms with van der Waals surface area (Å²) in [4.78, 5) is 15.1. The number of nitrogens with one attached hydrogen (secondary N) is 2. The first-order chi connectivity index (χ1) is 21.1. The van der Waals surface area contributed by atoms with Gasteiger partial charge in [0.2, 0.25) is 0 Å². The highest BCUT2D eigenvalue weighted by Crippen LogP contribution is 2.64. The molecule has 10 atom stereocenters. The van der Waals surface area contributed by atoms with Crippen LogP contribution in [0.15, 0.2) is 0 Å². The zero-order chi connectivity index (χ0) is 32.4. The molecule has 4 saturated carbocycles. The van der Waals surface area contributed by atoms with Gasteiger partial charge in [-0.15, -0.1) is 0 Å². The van der Waals surface area contributed by atoms with E-state index in [9.17, 15) is 0 Å². The Balaban J connectivity index is 1.45. The van der Waals surface area contributed by atoms with Crippen LogP contribution < -0.4 is 9.96 Å². The quantitative estimate of drug-likeness (QED) is 0.255. The second-order valence-corrected chi connectivity index (χ2v) is 29.2. The van der Waals surface area contributed by atoms with Gasteiger partial charge in [0.05, 0.1) is 0 Å². The summed E-state index contributed by atoms with van der Waals surface area (Å²) in [7, 11) is -3.47. The minimum atomic E-state index is -1.73. The van der Waals surface area contributed by atoms with Gasteiger partial charge in [-0.05, 0) is 159 Å². The molecule has 2 aliphatic heterocycles. The van der Waals surface area contributed by atoms with Crippen LogP contribution in [-0.2, 0) is 0 Å². The van der Waals surface area contributed by atoms with E-state index in [4.69, 9.17) is 0 Å². The van der Waals surface area contributed by atoms with Crippen LogP contribution in [0.4, 0.5) is 0 Å². The fourth-order valence-corrected chi connectivity index (χ4v) is 24.1. The van der Waals surface area contributed by atoms with E-state index in [0.29, 0.717) is 0 Å². The Hall–Kier alpha value is 0.274. The first kappa shape index (κ1) is 35.1. The Morgan fingerprint density at radius 2 is 0.800 bits per heavy atom. The molecule has 4 aliphatic carbocycles. The lowest BCUT2D eigenvalue weighted by molar-refractivity contribution is 0.0926. The van der Waals surface area contributed by atoms with E-state index in [0.717, 1.165) is 58.7 Å². The van der Waals surface area contributed by atoms with Crippen LogP contribution in [0.1, 0.15) is 125 Å². The maximum atomic E-state index is 4.43. The molecule has 0 radical (unpaired) electrons. The Labute approximate surface area is 282 Å². The second kappa shape index (κ2) is 13.2. The molecule has 6 heteroatoms. The number of nitrogens with zero attached hydrogens (tertiary/aromatic N) is 2. The highest BCUT2D eigenvalue weighted by molar-refractivity contribution is 6.77. The molecule has 2 heterocycles. The highest BCUT2D eigenvalue weighted by atomic mass is 28.3. The first-order valence-corrected chi connectivity index (χ1v) is 26.3. The van der Waals surface area contributed by atoms with Crippen molar-refractivity contribution < 1.29 is 0 Å². The molecule has 10 unspecified atom stereocenters. The molecule has 0 aromatic heterocycles. The molecule has 6 aliphatic rings. The Bertz CT molecular complexity index is 910. The summed E-state index contributed by atoms with van der Waals surface area (Å²) in [5.74, 6) is 5.57. The molecule has 2 N–H and O–H groups in total. The third kappa shape index (κ3) is 7.28. The minimum Gasteiger partial charge on any atom is -0.332 e. The Morgan fingerprint density at radius 1 is 0.489 bits per heavy atom. The van der Waals surface area contributed by atoms with Crippen LogP contribution in [0.5, 0.6) is 0 Å². The normalized spacial score (nSPS) is 40.7. The summed E-state index contributed by atoms with van der Waals surface area (Å²) < 4.78 is 0. The summed E-state index contributed by atoms with van der Waals surface area (Å²) in [5, 5.41) is 0. The van der Waals surface area contributed by atoms with Crippen molar-refractivity contribution in [2.24, 2.45) is 35.5 Å². The van der Waals surface area contributed by atoms with E-state index in [1.807, 2.05) is 0 Å². The van der Waals surface area contributed by atoms with Gasteiger partial charge >= 0.3 is 0 Å². The van der Waals surface area contributed by atoms with Crippen LogP contribution in [0, 0.1) is 35.5 Å². The summed E-state index contributed by atoms with van der Waals surface area (Å²) in [6.07, 6.45) is 19.3. The molecule has 0 aromatic rings. The predicted molar refractivity (Wildman–Crippen MR) is 200 cm³/mol. The monoisotopic (exact) mass is 657 g/mol. The minimum absolute atomic E-state index is 0.199. The van der Waals surface area contributed by atoms with Crippen molar-refractivity contribution in [2.45, 2.75) is 185 Å². The van der Waals surface area contributed by atoms with E-state index in [-0.39, 0.29) is 11.1 Å². The average molecular weight is 657 g/mol. The number of hydrogen-bond acceptors (Lipinski definition) is 4. The molecular formula is C39H76N4Si2.